The lowest BCUT2D eigenvalue weighted by Gasteiger charge is -2.07. The molecule has 5 heteroatoms. The molecule has 20 heavy (non-hydrogen) atoms. The van der Waals surface area contributed by atoms with Gasteiger partial charge in [0.1, 0.15) is 0 Å². The highest BCUT2D eigenvalue weighted by Crippen LogP contribution is 2.22. The normalized spacial score (nSPS) is 11.0. The summed E-state index contributed by atoms with van der Waals surface area (Å²) in [6, 6.07) is 6.10. The first-order chi connectivity index (χ1) is 9.65. The van der Waals surface area contributed by atoms with Crippen LogP contribution in [0.25, 0.3) is 0 Å². The minimum atomic E-state index is 0.768. The molecule has 0 amide bonds. The monoisotopic (exact) mass is 336 g/mol. The molecular formula is C15H21BrN4. The molecule has 0 radical (unpaired) electrons. The van der Waals surface area contributed by atoms with E-state index in [9.17, 15) is 0 Å². The second-order valence-electron chi connectivity index (χ2n) is 4.75. The summed E-state index contributed by atoms with van der Waals surface area (Å²) in [5, 5.41) is 8.05. The van der Waals surface area contributed by atoms with Crippen LogP contribution in [0.1, 0.15) is 36.6 Å². The number of hydrogen-bond donors (Lipinski definition) is 1. The molecule has 0 unspecified atom stereocenters. The van der Waals surface area contributed by atoms with E-state index in [0.717, 1.165) is 47.6 Å². The number of rotatable bonds is 6. The van der Waals surface area contributed by atoms with Crippen LogP contribution in [0.3, 0.4) is 0 Å². The topological polar surface area (TPSA) is 42.7 Å². The molecule has 0 aromatic carbocycles. The van der Waals surface area contributed by atoms with Gasteiger partial charge < -0.3 is 5.32 Å². The summed E-state index contributed by atoms with van der Waals surface area (Å²) in [5.41, 5.74) is 4.45. The Bertz CT molecular complexity index is 577. The largest absolute Gasteiger partial charge is 0.305 e. The Labute approximate surface area is 128 Å². The van der Waals surface area contributed by atoms with Gasteiger partial charge in [0.25, 0.3) is 0 Å². The minimum Gasteiger partial charge on any atom is -0.305 e. The summed E-state index contributed by atoms with van der Waals surface area (Å²) >= 11 is 3.66. The van der Waals surface area contributed by atoms with Crippen molar-refractivity contribution < 1.29 is 0 Å². The standard InChI is InChI=1S/C15H21BrN4/c1-4-13-15(16)14(20(5-2)19-13)10-17-9-12-8-6-7-11(3)18-12/h6-8,17H,4-5,9-10H2,1-3H3. The van der Waals surface area contributed by atoms with Crippen molar-refractivity contribution in [3.05, 3.63) is 45.4 Å². The Morgan fingerprint density at radius 3 is 2.70 bits per heavy atom. The molecule has 108 valence electrons. The molecule has 0 saturated heterocycles. The number of aromatic nitrogens is 3. The Hall–Kier alpha value is -1.20. The van der Waals surface area contributed by atoms with Gasteiger partial charge in [-0.05, 0) is 48.3 Å². The fourth-order valence-electron chi connectivity index (χ4n) is 2.19. The summed E-state index contributed by atoms with van der Waals surface area (Å²) in [4.78, 5) is 4.49. The van der Waals surface area contributed by atoms with E-state index >= 15 is 0 Å². The van der Waals surface area contributed by atoms with Crippen LogP contribution in [0.4, 0.5) is 0 Å². The molecule has 2 heterocycles. The third kappa shape index (κ3) is 3.46. The molecule has 0 aliphatic heterocycles. The van der Waals surface area contributed by atoms with Gasteiger partial charge in [0.2, 0.25) is 0 Å². The fraction of sp³-hybridized carbons (Fsp3) is 0.467. The van der Waals surface area contributed by atoms with Crippen molar-refractivity contribution in [3.63, 3.8) is 0 Å². The van der Waals surface area contributed by atoms with Crippen molar-refractivity contribution >= 4 is 15.9 Å². The Kier molecular flexibility index (Phi) is 5.31. The maximum absolute atomic E-state index is 4.60. The van der Waals surface area contributed by atoms with Gasteiger partial charge in [0.15, 0.2) is 0 Å². The van der Waals surface area contributed by atoms with E-state index in [2.05, 4.69) is 49.9 Å². The van der Waals surface area contributed by atoms with Crippen molar-refractivity contribution in [2.75, 3.05) is 0 Å². The molecule has 0 fully saturated rings. The summed E-state index contributed by atoms with van der Waals surface area (Å²) in [6.07, 6.45) is 0.944. The number of hydrogen-bond acceptors (Lipinski definition) is 3. The molecule has 0 aliphatic carbocycles. The van der Waals surface area contributed by atoms with E-state index < -0.39 is 0 Å². The fourth-order valence-corrected chi connectivity index (χ4v) is 2.90. The van der Waals surface area contributed by atoms with Crippen molar-refractivity contribution in [1.29, 1.82) is 0 Å². The molecule has 0 saturated carbocycles. The number of nitrogens with zero attached hydrogens (tertiary/aromatic N) is 3. The maximum Gasteiger partial charge on any atom is 0.0767 e. The second-order valence-corrected chi connectivity index (χ2v) is 5.54. The smallest absolute Gasteiger partial charge is 0.0767 e. The zero-order valence-electron chi connectivity index (χ0n) is 12.3. The summed E-state index contributed by atoms with van der Waals surface area (Å²) in [7, 11) is 0. The Morgan fingerprint density at radius 1 is 1.25 bits per heavy atom. The SMILES string of the molecule is CCc1nn(CC)c(CNCc2cccc(C)n2)c1Br. The van der Waals surface area contributed by atoms with E-state index in [1.807, 2.05) is 25.1 Å². The van der Waals surface area contributed by atoms with Gasteiger partial charge >= 0.3 is 0 Å². The van der Waals surface area contributed by atoms with E-state index in [1.165, 1.54) is 5.69 Å². The van der Waals surface area contributed by atoms with Crippen molar-refractivity contribution in [3.8, 4) is 0 Å². The van der Waals surface area contributed by atoms with Gasteiger partial charge in [-0.2, -0.15) is 5.10 Å². The first kappa shape index (κ1) is 15.2. The highest BCUT2D eigenvalue weighted by Gasteiger charge is 2.13. The molecule has 0 bridgehead atoms. The van der Waals surface area contributed by atoms with Crippen LogP contribution in [0.2, 0.25) is 0 Å². The Morgan fingerprint density at radius 2 is 2.05 bits per heavy atom. The Balaban J connectivity index is 2.02. The van der Waals surface area contributed by atoms with Crippen LogP contribution < -0.4 is 5.32 Å². The van der Waals surface area contributed by atoms with Gasteiger partial charge in [-0.15, -0.1) is 0 Å². The molecule has 0 spiro atoms. The third-order valence-corrected chi connectivity index (χ3v) is 4.15. The predicted octanol–water partition coefficient (Wildman–Crippen LogP) is 3.22. The maximum atomic E-state index is 4.60. The zero-order chi connectivity index (χ0) is 14.5. The molecule has 2 rings (SSSR count). The third-order valence-electron chi connectivity index (χ3n) is 3.24. The van der Waals surface area contributed by atoms with Gasteiger partial charge in [-0.25, -0.2) is 0 Å². The summed E-state index contributed by atoms with van der Waals surface area (Å²) in [6.45, 7) is 8.70. The summed E-state index contributed by atoms with van der Waals surface area (Å²) in [5.74, 6) is 0. The van der Waals surface area contributed by atoms with Gasteiger partial charge in [0.05, 0.1) is 21.6 Å². The molecular weight excluding hydrogens is 316 g/mol. The molecule has 0 atom stereocenters. The van der Waals surface area contributed by atoms with Crippen molar-refractivity contribution in [2.45, 2.75) is 46.8 Å². The van der Waals surface area contributed by atoms with Crippen LogP contribution in [-0.2, 0) is 26.1 Å². The van der Waals surface area contributed by atoms with Crippen LogP contribution in [-0.4, -0.2) is 14.8 Å². The zero-order valence-corrected chi connectivity index (χ0v) is 13.9. The number of aryl methyl sites for hydroxylation is 3. The lowest BCUT2D eigenvalue weighted by Crippen LogP contribution is -2.17. The molecule has 2 aromatic heterocycles. The van der Waals surface area contributed by atoms with E-state index in [1.54, 1.807) is 0 Å². The number of halogens is 1. The van der Waals surface area contributed by atoms with Crippen LogP contribution >= 0.6 is 15.9 Å². The van der Waals surface area contributed by atoms with Gasteiger partial charge in [0, 0.05) is 25.3 Å². The van der Waals surface area contributed by atoms with E-state index in [0.29, 0.717) is 0 Å². The molecule has 4 nitrogen and oxygen atoms in total. The van der Waals surface area contributed by atoms with E-state index in [4.69, 9.17) is 0 Å². The highest BCUT2D eigenvalue weighted by molar-refractivity contribution is 9.10. The second kappa shape index (κ2) is 6.99. The van der Waals surface area contributed by atoms with Gasteiger partial charge in [-0.1, -0.05) is 13.0 Å². The predicted molar refractivity (Wildman–Crippen MR) is 84.5 cm³/mol. The number of nitrogens with one attached hydrogen (secondary N) is 1. The summed E-state index contributed by atoms with van der Waals surface area (Å²) < 4.78 is 3.19. The molecule has 1 N–H and O–H groups in total. The lowest BCUT2D eigenvalue weighted by molar-refractivity contribution is 0.573. The van der Waals surface area contributed by atoms with Crippen molar-refractivity contribution in [1.82, 2.24) is 20.1 Å². The average molecular weight is 337 g/mol. The van der Waals surface area contributed by atoms with Gasteiger partial charge in [-0.3, -0.25) is 9.67 Å². The minimum absolute atomic E-state index is 0.768. The van der Waals surface area contributed by atoms with Crippen LogP contribution in [0, 0.1) is 6.92 Å². The molecule has 0 aliphatic rings. The highest BCUT2D eigenvalue weighted by atomic mass is 79.9. The van der Waals surface area contributed by atoms with Crippen LogP contribution in [0.5, 0.6) is 0 Å². The lowest BCUT2D eigenvalue weighted by atomic mass is 10.3. The first-order valence-electron chi connectivity index (χ1n) is 7.03. The first-order valence-corrected chi connectivity index (χ1v) is 7.82. The van der Waals surface area contributed by atoms with Crippen molar-refractivity contribution in [2.24, 2.45) is 0 Å². The average Bonchev–Trinajstić information content (AvgIpc) is 2.75. The quantitative estimate of drug-likeness (QED) is 0.880. The van der Waals surface area contributed by atoms with Crippen LogP contribution in [0.15, 0.2) is 22.7 Å². The number of pyridine rings is 1. The molecule has 2 aromatic rings. The van der Waals surface area contributed by atoms with E-state index in [-0.39, 0.29) is 0 Å².